The van der Waals surface area contributed by atoms with E-state index >= 15 is 0 Å². The Hall–Kier alpha value is -3.94. The Balaban J connectivity index is 0.0000608. The average Bonchev–Trinajstić information content (AvgIpc) is 3.31. The molecule has 1 rings (SSSR count). The van der Waals surface area contributed by atoms with Crippen LogP contribution in [0.2, 0.25) is 0 Å². The minimum Gasteiger partial charge on any atom is -0.344 e. The summed E-state index contributed by atoms with van der Waals surface area (Å²) in [5, 5.41) is 0. The van der Waals surface area contributed by atoms with Crippen LogP contribution in [0.1, 0.15) is 83.1 Å². The summed E-state index contributed by atoms with van der Waals surface area (Å²) in [6, 6.07) is 0. The third-order valence-corrected chi connectivity index (χ3v) is 14.1. The highest BCUT2D eigenvalue weighted by Crippen LogP contribution is 2.11. The van der Waals surface area contributed by atoms with Crippen LogP contribution >= 0.6 is 0 Å². The first-order valence-electron chi connectivity index (χ1n) is 27.4. The van der Waals surface area contributed by atoms with Gasteiger partial charge in [0, 0.05) is 78.5 Å². The van der Waals surface area contributed by atoms with Crippen molar-refractivity contribution in [3.63, 3.8) is 0 Å². The highest BCUT2D eigenvalue weighted by atomic mass is 16.2. The average molecular weight is 1130 g/mol. The van der Waals surface area contributed by atoms with Crippen LogP contribution in [0.25, 0.3) is 0 Å². The molecule has 0 radical (unpaired) electrons. The summed E-state index contributed by atoms with van der Waals surface area (Å²) < 4.78 is 0. The van der Waals surface area contributed by atoms with Gasteiger partial charge >= 0.3 is 0 Å². The van der Waals surface area contributed by atoms with Gasteiger partial charge in [-0.2, -0.15) is 0 Å². The van der Waals surface area contributed by atoms with Crippen LogP contribution in [0.3, 0.4) is 0 Å². The molecular weight excluding hydrogens is 1020 g/mol. The van der Waals surface area contributed by atoms with E-state index in [2.05, 4.69) is 0 Å². The fourth-order valence-electron chi connectivity index (χ4n) is 9.11. The van der Waals surface area contributed by atoms with E-state index in [9.17, 15) is 28.8 Å². The van der Waals surface area contributed by atoms with Gasteiger partial charge in [0.05, 0.1) is 113 Å². The standard InChI is InChI=1S/C48H108N24O6.H3N/c1-31(49)67(32(2)50)25-43(73)61-13-15-62(44(74)26-68(33(3)51)34(4)52)17-19-64(46(76)28-70(37(7)55)38(8)56)21-23-66(48(78)30-72(41(11)59)42(12)60)24-22-65(47(77)29-71(39(9)57)40(10)58)20-18-63(16-14-61)45(75)27-69(35(5)53)36(6)54;/h31-42H,13-30,49-60H2,1-12H3;1H3. The molecular formula is C48H111N25O6. The van der Waals surface area contributed by atoms with Crippen molar-refractivity contribution >= 4 is 35.4 Å². The molecule has 0 aromatic rings. The smallest absolute Gasteiger partial charge is 0.236 e. The van der Waals surface area contributed by atoms with Crippen molar-refractivity contribution < 1.29 is 28.8 Å². The second-order valence-corrected chi connectivity index (χ2v) is 21.2. The maximum Gasteiger partial charge on any atom is 0.236 e. The maximum atomic E-state index is 14.6. The quantitative estimate of drug-likeness (QED) is 0.0399. The van der Waals surface area contributed by atoms with Gasteiger partial charge in [0.15, 0.2) is 0 Å². The van der Waals surface area contributed by atoms with Crippen LogP contribution in [0, 0.1) is 0 Å². The van der Waals surface area contributed by atoms with Gasteiger partial charge in [0.1, 0.15) is 0 Å². The summed E-state index contributed by atoms with van der Waals surface area (Å²) in [4.78, 5) is 107. The monoisotopic (exact) mass is 1130 g/mol. The second-order valence-electron chi connectivity index (χ2n) is 21.2. The lowest BCUT2D eigenvalue weighted by molar-refractivity contribution is -0.142. The SMILES string of the molecule is CC(N)N(CC(=O)N1CCN(C(=O)CN(C(C)N)C(C)N)CCN(C(=O)CN(C(C)N)C(C)N)CCN(C(=O)CN(C(C)N)C(C)N)CCN(C(=O)CN(C(C)N)C(C)N)CCN(C(=O)CN(C(C)N)C(C)N)CC1)C(C)N.N. The molecule has 1 aliphatic heterocycles. The van der Waals surface area contributed by atoms with Gasteiger partial charge in [-0.05, 0) is 83.1 Å². The van der Waals surface area contributed by atoms with E-state index in [0.29, 0.717) is 0 Å². The Morgan fingerprint density at radius 1 is 0.241 bits per heavy atom. The number of amides is 6. The molecule has 0 spiro atoms. The Bertz CT molecular complexity index is 1410. The zero-order chi connectivity index (χ0) is 60.0. The Morgan fingerprint density at radius 2 is 0.316 bits per heavy atom. The lowest BCUT2D eigenvalue weighted by Crippen LogP contribution is -2.58. The van der Waals surface area contributed by atoms with E-state index in [1.54, 1.807) is 112 Å². The molecule has 0 aliphatic carbocycles. The summed E-state index contributed by atoms with van der Waals surface area (Å²) in [6.45, 7) is 18.6. The minimum atomic E-state index is -0.623. The molecule has 12 unspecified atom stereocenters. The van der Waals surface area contributed by atoms with Crippen molar-refractivity contribution in [2.75, 3.05) is 118 Å². The Kier molecular flexibility index (Phi) is 34.7. The van der Waals surface area contributed by atoms with Crippen molar-refractivity contribution in [1.82, 2.24) is 64.9 Å². The van der Waals surface area contributed by atoms with E-state index in [4.69, 9.17) is 68.8 Å². The van der Waals surface area contributed by atoms with Crippen LogP contribution < -0.4 is 75.0 Å². The van der Waals surface area contributed by atoms with Crippen molar-refractivity contribution in [3.8, 4) is 0 Å². The fourth-order valence-corrected chi connectivity index (χ4v) is 9.11. The molecule has 0 bridgehead atoms. The van der Waals surface area contributed by atoms with Crippen LogP contribution in [0.15, 0.2) is 0 Å². The highest BCUT2D eigenvalue weighted by molar-refractivity contribution is 5.82. The molecule has 12 atom stereocenters. The van der Waals surface area contributed by atoms with Gasteiger partial charge in [0.25, 0.3) is 0 Å². The lowest BCUT2D eigenvalue weighted by Gasteiger charge is -2.38. The predicted octanol–water partition coefficient (Wildman–Crippen LogP) is -7.40. The molecule has 31 nitrogen and oxygen atoms in total. The number of hydrogen-bond acceptors (Lipinski definition) is 25. The van der Waals surface area contributed by atoms with Crippen molar-refractivity contribution in [2.24, 2.45) is 68.8 Å². The van der Waals surface area contributed by atoms with Gasteiger partial charge in [0.2, 0.25) is 35.4 Å². The molecule has 31 heteroatoms. The van der Waals surface area contributed by atoms with Crippen LogP contribution in [0.5, 0.6) is 0 Å². The summed E-state index contributed by atoms with van der Waals surface area (Å²) >= 11 is 0. The topological polar surface area (TPSA) is 489 Å². The number of carbonyl (C=O) groups is 6. The number of carbonyl (C=O) groups excluding carboxylic acids is 6. The number of rotatable bonds is 24. The van der Waals surface area contributed by atoms with E-state index in [-0.39, 0.29) is 124 Å². The predicted molar refractivity (Wildman–Crippen MR) is 309 cm³/mol. The normalized spacial score (nSPS) is 20.0. The maximum absolute atomic E-state index is 14.6. The van der Waals surface area contributed by atoms with Crippen LogP contribution in [0.4, 0.5) is 0 Å². The Labute approximate surface area is 471 Å². The van der Waals surface area contributed by atoms with E-state index in [1.807, 2.05) is 0 Å². The van der Waals surface area contributed by atoms with E-state index in [0.717, 1.165) is 0 Å². The third kappa shape index (κ3) is 25.8. The molecule has 1 aliphatic rings. The van der Waals surface area contributed by atoms with Gasteiger partial charge < -0.3 is 104 Å². The van der Waals surface area contributed by atoms with Crippen molar-refractivity contribution in [2.45, 2.75) is 157 Å². The van der Waals surface area contributed by atoms with Gasteiger partial charge in [-0.1, -0.05) is 0 Å². The first kappa shape index (κ1) is 75.1. The van der Waals surface area contributed by atoms with Crippen molar-refractivity contribution in [1.29, 1.82) is 0 Å². The molecule has 0 saturated carbocycles. The largest absolute Gasteiger partial charge is 0.344 e. The van der Waals surface area contributed by atoms with Gasteiger partial charge in [-0.25, -0.2) is 0 Å². The summed E-state index contributed by atoms with van der Waals surface area (Å²) in [5.41, 5.74) is 75.7. The second kappa shape index (κ2) is 36.5. The van der Waals surface area contributed by atoms with E-state index in [1.165, 1.54) is 29.4 Å². The first-order chi connectivity index (χ1) is 36.1. The zero-order valence-corrected chi connectivity index (χ0v) is 50.1. The summed E-state index contributed by atoms with van der Waals surface area (Å²) in [5.74, 6) is -2.40. The molecule has 0 aromatic carbocycles. The van der Waals surface area contributed by atoms with Crippen LogP contribution in [-0.2, 0) is 28.8 Å². The Morgan fingerprint density at radius 3 is 0.380 bits per heavy atom. The molecule has 79 heavy (non-hydrogen) atoms. The molecule has 1 heterocycles. The molecule has 1 fully saturated rings. The first-order valence-corrected chi connectivity index (χ1v) is 27.4. The molecule has 0 aromatic heterocycles. The summed E-state index contributed by atoms with van der Waals surface area (Å²) in [7, 11) is 0. The minimum absolute atomic E-state index is 0. The number of hydrogen-bond donors (Lipinski definition) is 13. The molecule has 6 amide bonds. The number of nitrogens with two attached hydrogens (primary N) is 12. The fraction of sp³-hybridized carbons (Fsp3) is 0.875. The van der Waals surface area contributed by atoms with Crippen LogP contribution in [-0.4, -0.2) is 286 Å². The van der Waals surface area contributed by atoms with Crippen molar-refractivity contribution in [3.05, 3.63) is 0 Å². The highest BCUT2D eigenvalue weighted by Gasteiger charge is 2.32. The molecule has 27 N–H and O–H groups in total. The third-order valence-electron chi connectivity index (χ3n) is 14.1. The van der Waals surface area contributed by atoms with E-state index < -0.39 is 109 Å². The number of nitrogens with zero attached hydrogens (tertiary/aromatic N) is 12. The zero-order valence-electron chi connectivity index (χ0n) is 50.1. The lowest BCUT2D eigenvalue weighted by atomic mass is 10.2. The van der Waals surface area contributed by atoms with Gasteiger partial charge in [-0.15, -0.1) is 0 Å². The molecule has 464 valence electrons. The summed E-state index contributed by atoms with van der Waals surface area (Å²) in [6.07, 6.45) is -7.48. The van der Waals surface area contributed by atoms with Gasteiger partial charge in [-0.3, -0.25) is 58.2 Å². The molecule has 1 saturated heterocycles.